The highest BCUT2D eigenvalue weighted by Crippen LogP contribution is 2.20. The van der Waals surface area contributed by atoms with Crippen molar-refractivity contribution < 1.29 is 0 Å². The first-order valence-corrected chi connectivity index (χ1v) is 26.9. The Morgan fingerprint density at radius 1 is 0.196 bits per heavy atom. The highest BCUT2D eigenvalue weighted by atomic mass is 14.1. The summed E-state index contributed by atoms with van der Waals surface area (Å²) < 4.78 is 0. The Hall–Kier alpha value is -0.780. The van der Waals surface area contributed by atoms with Crippen molar-refractivity contribution in [2.75, 3.05) is 0 Å². The second-order valence-corrected chi connectivity index (χ2v) is 18.9. The third-order valence-electron chi connectivity index (χ3n) is 13.2. The van der Waals surface area contributed by atoms with Crippen LogP contribution >= 0.6 is 0 Å². The average molecular weight is 779 g/mol. The van der Waals surface area contributed by atoms with Gasteiger partial charge in [-0.2, -0.15) is 0 Å². The molecule has 0 radical (unpaired) electrons. The van der Waals surface area contributed by atoms with E-state index in [1.54, 1.807) is 16.7 Å². The summed E-state index contributed by atoms with van der Waals surface area (Å²) >= 11 is 0. The predicted octanol–water partition coefficient (Wildman–Crippen LogP) is 20.5. The Bertz CT molecular complexity index is 801. The maximum atomic E-state index is 2.56. The molecule has 0 nitrogen and oxygen atoms in total. The van der Waals surface area contributed by atoms with Crippen LogP contribution in [0.1, 0.15) is 320 Å². The zero-order valence-electron chi connectivity index (χ0n) is 39.5. The van der Waals surface area contributed by atoms with E-state index < -0.39 is 0 Å². The Morgan fingerprint density at radius 3 is 0.536 bits per heavy atom. The van der Waals surface area contributed by atoms with Gasteiger partial charge in [0, 0.05) is 0 Å². The molecule has 0 spiro atoms. The van der Waals surface area contributed by atoms with Crippen molar-refractivity contribution in [2.24, 2.45) is 0 Å². The molecule has 0 aliphatic rings. The lowest BCUT2D eigenvalue weighted by Crippen LogP contribution is -1.95. The van der Waals surface area contributed by atoms with Crippen molar-refractivity contribution in [3.63, 3.8) is 0 Å². The van der Waals surface area contributed by atoms with Crippen molar-refractivity contribution in [3.05, 3.63) is 34.9 Å². The van der Waals surface area contributed by atoms with Crippen molar-refractivity contribution in [2.45, 2.75) is 323 Å². The molecule has 1 rings (SSSR count). The van der Waals surface area contributed by atoms with Crippen LogP contribution < -0.4 is 0 Å². The molecular weight excluding hydrogens is 673 g/mol. The van der Waals surface area contributed by atoms with Crippen molar-refractivity contribution >= 4 is 0 Å². The predicted molar refractivity (Wildman–Crippen MR) is 258 cm³/mol. The summed E-state index contributed by atoms with van der Waals surface area (Å²) in [4.78, 5) is 0. The molecule has 0 saturated heterocycles. The Labute approximate surface area is 356 Å². The van der Waals surface area contributed by atoms with E-state index in [1.807, 2.05) is 0 Å². The zero-order chi connectivity index (χ0) is 40.1. The van der Waals surface area contributed by atoms with Gasteiger partial charge >= 0.3 is 0 Å². The number of unbranched alkanes of at least 4 members (excludes halogenated alkanes) is 42. The van der Waals surface area contributed by atoms with E-state index >= 15 is 0 Å². The molecule has 0 bridgehead atoms. The topological polar surface area (TPSA) is 0 Å². The molecule has 0 fully saturated rings. The molecule has 0 aromatic heterocycles. The number of aryl methyl sites for hydroxylation is 3. The van der Waals surface area contributed by atoms with Gasteiger partial charge in [-0.3, -0.25) is 0 Å². The van der Waals surface area contributed by atoms with Crippen LogP contribution in [0.3, 0.4) is 0 Å². The van der Waals surface area contributed by atoms with Gasteiger partial charge in [0.15, 0.2) is 0 Å². The van der Waals surface area contributed by atoms with Gasteiger partial charge in [-0.1, -0.05) is 309 Å². The van der Waals surface area contributed by atoms with E-state index in [4.69, 9.17) is 0 Å². The SMILES string of the molecule is CCCCCCCCCCCCCCCCCCCCCCCCc1cc(CC)cc(CCCCCCCCCCCCCCCCCCCCCCCC)c1. The van der Waals surface area contributed by atoms with Crippen LogP contribution in [0.25, 0.3) is 0 Å². The Balaban J connectivity index is 1.87. The summed E-state index contributed by atoms with van der Waals surface area (Å²) in [5, 5.41) is 0. The smallest absolute Gasteiger partial charge is 0.0279 e. The van der Waals surface area contributed by atoms with E-state index in [9.17, 15) is 0 Å². The fourth-order valence-corrected chi connectivity index (χ4v) is 9.21. The molecule has 0 saturated carbocycles. The van der Waals surface area contributed by atoms with Gasteiger partial charge in [-0.05, 0) is 48.8 Å². The summed E-state index contributed by atoms with van der Waals surface area (Å²) in [5.74, 6) is 0. The molecule has 1 aromatic rings. The third kappa shape index (κ3) is 38.7. The zero-order valence-corrected chi connectivity index (χ0v) is 39.5. The Morgan fingerprint density at radius 2 is 0.357 bits per heavy atom. The summed E-state index contributed by atoms with van der Waals surface area (Å²) in [7, 11) is 0. The quantitative estimate of drug-likeness (QED) is 0.0578. The van der Waals surface area contributed by atoms with E-state index in [0.717, 1.165) is 0 Å². The first kappa shape index (κ1) is 53.2. The van der Waals surface area contributed by atoms with Crippen LogP contribution in [0.4, 0.5) is 0 Å². The largest absolute Gasteiger partial charge is 0.0654 e. The van der Waals surface area contributed by atoms with E-state index in [0.29, 0.717) is 0 Å². The number of hydrogen-bond donors (Lipinski definition) is 0. The summed E-state index contributed by atoms with van der Waals surface area (Å²) in [6.07, 6.45) is 68.2. The van der Waals surface area contributed by atoms with Gasteiger partial charge in [0.05, 0.1) is 0 Å². The van der Waals surface area contributed by atoms with Crippen molar-refractivity contribution in [1.82, 2.24) is 0 Å². The van der Waals surface area contributed by atoms with Gasteiger partial charge in [-0.15, -0.1) is 0 Å². The van der Waals surface area contributed by atoms with Crippen molar-refractivity contribution in [1.29, 1.82) is 0 Å². The molecule has 0 heterocycles. The molecule has 56 heavy (non-hydrogen) atoms. The van der Waals surface area contributed by atoms with Crippen molar-refractivity contribution in [3.8, 4) is 0 Å². The molecule has 0 amide bonds. The minimum atomic E-state index is 1.18. The molecule has 0 aliphatic carbocycles. The second-order valence-electron chi connectivity index (χ2n) is 18.9. The van der Waals surface area contributed by atoms with E-state index in [2.05, 4.69) is 39.0 Å². The van der Waals surface area contributed by atoms with Crippen LogP contribution in [0.2, 0.25) is 0 Å². The lowest BCUT2D eigenvalue weighted by molar-refractivity contribution is 0.519. The van der Waals surface area contributed by atoms with Gasteiger partial charge in [0.2, 0.25) is 0 Å². The molecule has 1 aromatic carbocycles. The molecule has 0 heteroatoms. The molecule has 330 valence electrons. The number of benzene rings is 1. The van der Waals surface area contributed by atoms with Gasteiger partial charge in [-0.25, -0.2) is 0 Å². The molecule has 0 N–H and O–H groups in total. The maximum absolute atomic E-state index is 2.56. The minimum absolute atomic E-state index is 1.18. The molecular formula is C56H106. The summed E-state index contributed by atoms with van der Waals surface area (Å²) in [6.45, 7) is 6.96. The Kier molecular flexibility index (Phi) is 43.1. The van der Waals surface area contributed by atoms with Crippen LogP contribution in [-0.2, 0) is 19.3 Å². The van der Waals surface area contributed by atoms with E-state index in [-0.39, 0.29) is 0 Å². The number of hydrogen-bond acceptors (Lipinski definition) is 0. The fraction of sp³-hybridized carbons (Fsp3) is 0.893. The van der Waals surface area contributed by atoms with Crippen LogP contribution in [0, 0.1) is 0 Å². The summed E-state index contributed by atoms with van der Waals surface area (Å²) in [6, 6.07) is 7.59. The minimum Gasteiger partial charge on any atom is -0.0654 e. The second kappa shape index (κ2) is 45.3. The van der Waals surface area contributed by atoms with Gasteiger partial charge < -0.3 is 0 Å². The van der Waals surface area contributed by atoms with Crippen LogP contribution in [0.15, 0.2) is 18.2 Å². The molecule has 0 unspecified atom stereocenters. The summed E-state index contributed by atoms with van der Waals surface area (Å²) in [5.41, 5.74) is 4.80. The van der Waals surface area contributed by atoms with Crippen LogP contribution in [-0.4, -0.2) is 0 Å². The van der Waals surface area contributed by atoms with Gasteiger partial charge in [0.25, 0.3) is 0 Å². The standard InChI is InChI=1S/C56H106/c1-4-7-9-11-13-15-17-19-21-23-25-27-29-31-33-35-37-39-41-43-45-47-49-55-51-54(6-3)52-56(53-55)50-48-46-44-42-40-38-36-34-32-30-28-26-24-22-20-18-16-14-12-10-8-5-2/h51-53H,4-50H2,1-3H3. The third-order valence-corrected chi connectivity index (χ3v) is 13.2. The monoisotopic (exact) mass is 779 g/mol. The maximum Gasteiger partial charge on any atom is -0.0279 e. The lowest BCUT2D eigenvalue weighted by atomic mass is 9.96. The van der Waals surface area contributed by atoms with Crippen LogP contribution in [0.5, 0.6) is 0 Å². The average Bonchev–Trinajstić information content (AvgIpc) is 3.21. The molecule has 0 atom stereocenters. The highest BCUT2D eigenvalue weighted by molar-refractivity contribution is 5.30. The van der Waals surface area contributed by atoms with Gasteiger partial charge in [0.1, 0.15) is 0 Å². The highest BCUT2D eigenvalue weighted by Gasteiger charge is 2.03. The first-order chi connectivity index (χ1) is 27.8. The lowest BCUT2D eigenvalue weighted by Gasteiger charge is -2.10. The first-order valence-electron chi connectivity index (χ1n) is 26.9. The normalized spacial score (nSPS) is 11.6. The number of rotatable bonds is 47. The fourth-order valence-electron chi connectivity index (χ4n) is 9.21. The van der Waals surface area contributed by atoms with E-state index in [1.165, 1.54) is 302 Å². The molecule has 0 aliphatic heterocycles.